The number of amides is 1. The molecule has 5 heteroatoms. The zero-order valence-electron chi connectivity index (χ0n) is 13.0. The molecule has 4 rings (SSSR count). The van der Waals surface area contributed by atoms with Gasteiger partial charge in [0.05, 0.1) is 5.92 Å². The molecule has 5 atom stereocenters. The number of aliphatic hydroxyl groups is 1. The van der Waals surface area contributed by atoms with Gasteiger partial charge in [-0.3, -0.25) is 4.79 Å². The maximum Gasteiger partial charge on any atom is 0.227 e. The van der Waals surface area contributed by atoms with Crippen LogP contribution in [-0.4, -0.2) is 30.3 Å². The van der Waals surface area contributed by atoms with Crippen LogP contribution in [0.4, 0.5) is 4.39 Å². The van der Waals surface area contributed by atoms with Crippen molar-refractivity contribution in [3.8, 4) is 5.75 Å². The van der Waals surface area contributed by atoms with Crippen LogP contribution in [0.1, 0.15) is 24.8 Å². The minimum absolute atomic E-state index is 0.0316. The molecule has 1 aromatic rings. The Balaban J connectivity index is 1.44. The normalized spacial score (nSPS) is 34.8. The summed E-state index contributed by atoms with van der Waals surface area (Å²) in [6.45, 7) is 0.469. The first-order valence-electron chi connectivity index (χ1n) is 8.48. The van der Waals surface area contributed by atoms with Crippen molar-refractivity contribution in [2.75, 3.05) is 13.2 Å². The lowest BCUT2D eigenvalue weighted by molar-refractivity contribution is -0.127. The van der Waals surface area contributed by atoms with Crippen LogP contribution in [0.5, 0.6) is 5.75 Å². The number of aliphatic hydroxyl groups excluding tert-OH is 1. The van der Waals surface area contributed by atoms with E-state index < -0.39 is 0 Å². The maximum atomic E-state index is 13.4. The summed E-state index contributed by atoms with van der Waals surface area (Å²) < 4.78 is 19.0. The van der Waals surface area contributed by atoms with E-state index in [1.54, 1.807) is 6.07 Å². The summed E-state index contributed by atoms with van der Waals surface area (Å²) in [6, 6.07) is 4.53. The standard InChI is InChI=1S/C18H22FNO3/c19-14-3-4-16-12(7-14)6-13(9-23-16)18(22)20-17-11-2-1-10(5-11)15(17)8-21/h3-4,7,10-11,13,15,17,21H,1-2,5-6,8-9H2,(H,20,22). The Morgan fingerprint density at radius 1 is 1.35 bits per heavy atom. The molecule has 4 nitrogen and oxygen atoms in total. The van der Waals surface area contributed by atoms with E-state index in [0.29, 0.717) is 30.6 Å². The SMILES string of the molecule is O=C(NC1C2CCC(C2)C1CO)C1COc2ccc(F)cc2C1. The van der Waals surface area contributed by atoms with Crippen LogP contribution >= 0.6 is 0 Å². The van der Waals surface area contributed by atoms with E-state index in [9.17, 15) is 14.3 Å². The van der Waals surface area contributed by atoms with Gasteiger partial charge >= 0.3 is 0 Å². The fraction of sp³-hybridized carbons (Fsp3) is 0.611. The van der Waals surface area contributed by atoms with Crippen molar-refractivity contribution in [3.63, 3.8) is 0 Å². The molecule has 2 saturated carbocycles. The van der Waals surface area contributed by atoms with E-state index in [2.05, 4.69) is 5.32 Å². The molecule has 0 radical (unpaired) electrons. The monoisotopic (exact) mass is 319 g/mol. The third-order valence-electron chi connectivity index (χ3n) is 5.91. The highest BCUT2D eigenvalue weighted by Crippen LogP contribution is 2.48. The van der Waals surface area contributed by atoms with Crippen LogP contribution in [0.3, 0.4) is 0 Å². The molecule has 1 aromatic carbocycles. The number of halogens is 1. The molecule has 2 aliphatic carbocycles. The number of hydrogen-bond acceptors (Lipinski definition) is 3. The number of ether oxygens (including phenoxy) is 1. The Labute approximate surface area is 135 Å². The topological polar surface area (TPSA) is 58.6 Å². The van der Waals surface area contributed by atoms with Crippen LogP contribution in [0, 0.1) is 29.5 Å². The Morgan fingerprint density at radius 2 is 2.17 bits per heavy atom. The van der Waals surface area contributed by atoms with E-state index >= 15 is 0 Å². The predicted octanol–water partition coefficient (Wildman–Crippen LogP) is 1.90. The molecule has 2 bridgehead atoms. The predicted molar refractivity (Wildman–Crippen MR) is 82.4 cm³/mol. The first kappa shape index (κ1) is 14.9. The number of nitrogens with one attached hydrogen (secondary N) is 1. The van der Waals surface area contributed by atoms with Gasteiger partial charge in [-0.1, -0.05) is 0 Å². The van der Waals surface area contributed by atoms with Gasteiger partial charge in [0.1, 0.15) is 18.2 Å². The summed E-state index contributed by atoms with van der Waals surface area (Å²) in [4.78, 5) is 12.6. The average Bonchev–Trinajstić information content (AvgIpc) is 3.15. The third kappa shape index (κ3) is 2.61. The molecule has 0 spiro atoms. The van der Waals surface area contributed by atoms with Crippen LogP contribution in [-0.2, 0) is 11.2 Å². The van der Waals surface area contributed by atoms with E-state index in [0.717, 1.165) is 18.4 Å². The second kappa shape index (κ2) is 5.78. The molecule has 3 aliphatic rings. The van der Waals surface area contributed by atoms with Gasteiger partial charge in [-0.15, -0.1) is 0 Å². The number of hydrogen-bond donors (Lipinski definition) is 2. The Bertz CT molecular complexity index is 620. The van der Waals surface area contributed by atoms with E-state index in [1.807, 2.05) is 0 Å². The number of fused-ring (bicyclic) bond motifs is 3. The molecule has 1 heterocycles. The first-order valence-corrected chi connectivity index (χ1v) is 8.48. The van der Waals surface area contributed by atoms with Crippen molar-refractivity contribution in [3.05, 3.63) is 29.6 Å². The summed E-state index contributed by atoms with van der Waals surface area (Å²) in [5.74, 6) is 1.28. The average molecular weight is 319 g/mol. The van der Waals surface area contributed by atoms with Gasteiger partial charge in [0.25, 0.3) is 0 Å². The quantitative estimate of drug-likeness (QED) is 0.895. The molecule has 1 aliphatic heterocycles. The smallest absolute Gasteiger partial charge is 0.227 e. The molecule has 2 N–H and O–H groups in total. The van der Waals surface area contributed by atoms with Gasteiger partial charge < -0.3 is 15.2 Å². The largest absolute Gasteiger partial charge is 0.492 e. The molecule has 23 heavy (non-hydrogen) atoms. The highest BCUT2D eigenvalue weighted by atomic mass is 19.1. The van der Waals surface area contributed by atoms with Gasteiger partial charge in [0.15, 0.2) is 0 Å². The highest BCUT2D eigenvalue weighted by Gasteiger charge is 2.48. The lowest BCUT2D eigenvalue weighted by Gasteiger charge is -2.32. The van der Waals surface area contributed by atoms with Crippen molar-refractivity contribution >= 4 is 5.91 Å². The fourth-order valence-corrected chi connectivity index (χ4v) is 4.71. The van der Waals surface area contributed by atoms with Crippen molar-refractivity contribution in [1.82, 2.24) is 5.32 Å². The fourth-order valence-electron chi connectivity index (χ4n) is 4.71. The lowest BCUT2D eigenvalue weighted by atomic mass is 9.84. The zero-order valence-corrected chi connectivity index (χ0v) is 13.0. The second-order valence-electron chi connectivity index (χ2n) is 7.18. The van der Waals surface area contributed by atoms with Crippen molar-refractivity contribution in [2.45, 2.75) is 31.7 Å². The minimum atomic E-state index is -0.304. The van der Waals surface area contributed by atoms with Gasteiger partial charge in [0.2, 0.25) is 5.91 Å². The van der Waals surface area contributed by atoms with Crippen molar-refractivity contribution in [2.24, 2.45) is 23.7 Å². The highest BCUT2D eigenvalue weighted by molar-refractivity contribution is 5.80. The Morgan fingerprint density at radius 3 is 3.00 bits per heavy atom. The molecule has 1 amide bonds. The Hall–Kier alpha value is -1.62. The molecular weight excluding hydrogens is 297 g/mol. The summed E-state index contributed by atoms with van der Waals surface area (Å²) in [7, 11) is 0. The summed E-state index contributed by atoms with van der Waals surface area (Å²) >= 11 is 0. The van der Waals surface area contributed by atoms with Crippen molar-refractivity contribution < 1.29 is 19.0 Å². The van der Waals surface area contributed by atoms with E-state index in [4.69, 9.17) is 4.74 Å². The van der Waals surface area contributed by atoms with Crippen LogP contribution in [0.15, 0.2) is 18.2 Å². The lowest BCUT2D eigenvalue weighted by Crippen LogP contribution is -2.49. The number of carbonyl (C=O) groups is 1. The molecular formula is C18H22FNO3. The van der Waals surface area contributed by atoms with E-state index in [-0.39, 0.29) is 36.2 Å². The van der Waals surface area contributed by atoms with Crippen LogP contribution in [0.2, 0.25) is 0 Å². The number of benzene rings is 1. The maximum absolute atomic E-state index is 13.4. The van der Waals surface area contributed by atoms with Gasteiger partial charge in [-0.25, -0.2) is 4.39 Å². The van der Waals surface area contributed by atoms with Gasteiger partial charge in [-0.05, 0) is 61.3 Å². The second-order valence-corrected chi connectivity index (χ2v) is 7.18. The first-order chi connectivity index (χ1) is 11.2. The minimum Gasteiger partial charge on any atom is -0.492 e. The summed E-state index contributed by atoms with van der Waals surface area (Å²) in [5.41, 5.74) is 0.753. The van der Waals surface area contributed by atoms with Crippen LogP contribution < -0.4 is 10.1 Å². The Kier molecular flexibility index (Phi) is 3.76. The van der Waals surface area contributed by atoms with Gasteiger partial charge in [0, 0.05) is 18.6 Å². The summed E-state index contributed by atoms with van der Waals surface area (Å²) in [5, 5.41) is 12.8. The zero-order chi connectivity index (χ0) is 16.0. The van der Waals surface area contributed by atoms with Crippen molar-refractivity contribution in [1.29, 1.82) is 0 Å². The van der Waals surface area contributed by atoms with Crippen LogP contribution in [0.25, 0.3) is 0 Å². The third-order valence-corrected chi connectivity index (χ3v) is 5.91. The summed E-state index contributed by atoms with van der Waals surface area (Å²) in [6.07, 6.45) is 3.93. The number of rotatable bonds is 3. The molecule has 2 fully saturated rings. The van der Waals surface area contributed by atoms with Gasteiger partial charge in [-0.2, -0.15) is 0 Å². The molecule has 124 valence electrons. The van der Waals surface area contributed by atoms with E-state index in [1.165, 1.54) is 18.6 Å². The molecule has 5 unspecified atom stereocenters. The number of carbonyl (C=O) groups excluding carboxylic acids is 1. The molecule has 0 saturated heterocycles. The molecule has 0 aromatic heterocycles.